The van der Waals surface area contributed by atoms with Crippen molar-refractivity contribution in [2.75, 3.05) is 19.6 Å². The molecule has 120 valence electrons. The zero-order valence-electron chi connectivity index (χ0n) is 12.2. The van der Waals surface area contributed by atoms with Crippen molar-refractivity contribution >= 4 is 35.0 Å². The molecule has 1 aromatic carbocycles. The SMILES string of the molecule is CC(O)C1CCN(C(=O)CNC(=O)c2ccc(Cl)c(Cl)c2)C1. The van der Waals surface area contributed by atoms with Gasteiger partial charge in [0.25, 0.3) is 5.91 Å². The second-order valence-electron chi connectivity index (χ2n) is 5.44. The lowest BCUT2D eigenvalue weighted by atomic mass is 10.0. The largest absolute Gasteiger partial charge is 0.393 e. The predicted molar refractivity (Wildman–Crippen MR) is 85.2 cm³/mol. The van der Waals surface area contributed by atoms with Crippen molar-refractivity contribution in [2.45, 2.75) is 19.4 Å². The number of carbonyl (C=O) groups excluding carboxylic acids is 2. The molecule has 0 aromatic heterocycles. The molecule has 22 heavy (non-hydrogen) atoms. The average molecular weight is 345 g/mol. The Morgan fingerprint density at radius 1 is 1.41 bits per heavy atom. The molecule has 0 saturated carbocycles. The molecule has 2 unspecified atom stereocenters. The van der Waals surface area contributed by atoms with Crippen LogP contribution >= 0.6 is 23.2 Å². The van der Waals surface area contributed by atoms with E-state index in [0.29, 0.717) is 28.7 Å². The number of aliphatic hydroxyl groups excluding tert-OH is 1. The van der Waals surface area contributed by atoms with Crippen molar-refractivity contribution in [1.29, 1.82) is 0 Å². The molecule has 1 saturated heterocycles. The summed E-state index contributed by atoms with van der Waals surface area (Å²) in [7, 11) is 0. The molecule has 0 aliphatic carbocycles. The maximum Gasteiger partial charge on any atom is 0.251 e. The van der Waals surface area contributed by atoms with Crippen LogP contribution in [0.4, 0.5) is 0 Å². The molecule has 1 fully saturated rings. The molecule has 5 nitrogen and oxygen atoms in total. The smallest absolute Gasteiger partial charge is 0.251 e. The van der Waals surface area contributed by atoms with E-state index in [1.54, 1.807) is 17.9 Å². The second-order valence-corrected chi connectivity index (χ2v) is 6.26. The van der Waals surface area contributed by atoms with Crippen LogP contribution < -0.4 is 5.32 Å². The van der Waals surface area contributed by atoms with Crippen molar-refractivity contribution < 1.29 is 14.7 Å². The van der Waals surface area contributed by atoms with E-state index in [-0.39, 0.29) is 24.3 Å². The fourth-order valence-corrected chi connectivity index (χ4v) is 2.71. The maximum atomic E-state index is 12.1. The van der Waals surface area contributed by atoms with E-state index in [2.05, 4.69) is 5.32 Å². The lowest BCUT2D eigenvalue weighted by Crippen LogP contribution is -2.39. The zero-order chi connectivity index (χ0) is 16.3. The number of nitrogens with one attached hydrogen (secondary N) is 1. The predicted octanol–water partition coefficient (Wildman–Crippen LogP) is 1.95. The van der Waals surface area contributed by atoms with Gasteiger partial charge >= 0.3 is 0 Å². The maximum absolute atomic E-state index is 12.1. The lowest BCUT2D eigenvalue weighted by Gasteiger charge is -2.18. The summed E-state index contributed by atoms with van der Waals surface area (Å²) in [6.45, 7) is 2.78. The van der Waals surface area contributed by atoms with Crippen molar-refractivity contribution in [3.63, 3.8) is 0 Å². The molecule has 2 N–H and O–H groups in total. The Bertz CT molecular complexity index is 578. The van der Waals surface area contributed by atoms with Gasteiger partial charge in [-0.2, -0.15) is 0 Å². The number of hydrogen-bond acceptors (Lipinski definition) is 3. The molecule has 1 aliphatic heterocycles. The van der Waals surface area contributed by atoms with Gasteiger partial charge in [0.1, 0.15) is 0 Å². The van der Waals surface area contributed by atoms with E-state index >= 15 is 0 Å². The normalized spacial score (nSPS) is 19.1. The van der Waals surface area contributed by atoms with Crippen LogP contribution in [0.1, 0.15) is 23.7 Å². The Morgan fingerprint density at radius 2 is 2.14 bits per heavy atom. The van der Waals surface area contributed by atoms with Gasteiger partial charge in [0.15, 0.2) is 0 Å². The zero-order valence-corrected chi connectivity index (χ0v) is 13.7. The number of likely N-dealkylation sites (tertiary alicyclic amines) is 1. The van der Waals surface area contributed by atoms with E-state index in [1.165, 1.54) is 12.1 Å². The van der Waals surface area contributed by atoms with Gasteiger partial charge in [-0.15, -0.1) is 0 Å². The van der Waals surface area contributed by atoms with E-state index < -0.39 is 6.10 Å². The van der Waals surface area contributed by atoms with Crippen LogP contribution in [-0.2, 0) is 4.79 Å². The highest BCUT2D eigenvalue weighted by atomic mass is 35.5. The molecule has 2 atom stereocenters. The van der Waals surface area contributed by atoms with Crippen LogP contribution in [0.25, 0.3) is 0 Å². The number of rotatable bonds is 4. The first-order valence-electron chi connectivity index (χ1n) is 7.07. The molecule has 2 rings (SSSR count). The Morgan fingerprint density at radius 3 is 2.73 bits per heavy atom. The van der Waals surface area contributed by atoms with Gasteiger partial charge in [0, 0.05) is 24.6 Å². The van der Waals surface area contributed by atoms with Gasteiger partial charge in [0.05, 0.1) is 22.7 Å². The molecular weight excluding hydrogens is 327 g/mol. The minimum absolute atomic E-state index is 0.0778. The van der Waals surface area contributed by atoms with Gasteiger partial charge in [0.2, 0.25) is 5.91 Å². The van der Waals surface area contributed by atoms with Crippen molar-refractivity contribution in [3.8, 4) is 0 Å². The van der Waals surface area contributed by atoms with Crippen molar-refractivity contribution in [1.82, 2.24) is 10.2 Å². The monoisotopic (exact) mass is 344 g/mol. The van der Waals surface area contributed by atoms with Crippen molar-refractivity contribution in [2.24, 2.45) is 5.92 Å². The lowest BCUT2D eigenvalue weighted by molar-refractivity contribution is -0.129. The molecule has 2 amide bonds. The third-order valence-electron chi connectivity index (χ3n) is 3.84. The van der Waals surface area contributed by atoms with Gasteiger partial charge in [-0.25, -0.2) is 0 Å². The number of carbonyl (C=O) groups is 2. The Labute approximate surface area is 139 Å². The van der Waals surface area contributed by atoms with Crippen LogP contribution in [0, 0.1) is 5.92 Å². The van der Waals surface area contributed by atoms with Gasteiger partial charge in [-0.05, 0) is 31.5 Å². The third kappa shape index (κ3) is 4.12. The topological polar surface area (TPSA) is 69.6 Å². The molecule has 0 radical (unpaired) electrons. The number of aliphatic hydroxyl groups is 1. The first-order chi connectivity index (χ1) is 10.4. The first kappa shape index (κ1) is 17.1. The minimum Gasteiger partial charge on any atom is -0.393 e. The third-order valence-corrected chi connectivity index (χ3v) is 4.58. The first-order valence-corrected chi connectivity index (χ1v) is 7.83. The summed E-state index contributed by atoms with van der Waals surface area (Å²) >= 11 is 11.7. The minimum atomic E-state index is -0.427. The number of halogens is 2. The molecule has 7 heteroatoms. The molecular formula is C15H18Cl2N2O3. The van der Waals surface area contributed by atoms with Crippen LogP contribution in [-0.4, -0.2) is 47.6 Å². The summed E-state index contributed by atoms with van der Waals surface area (Å²) in [5.74, 6) is -0.426. The highest BCUT2D eigenvalue weighted by Crippen LogP contribution is 2.22. The van der Waals surface area contributed by atoms with Crippen LogP contribution in [0.5, 0.6) is 0 Å². The number of hydrogen-bond donors (Lipinski definition) is 2. The number of benzene rings is 1. The van der Waals surface area contributed by atoms with Crippen molar-refractivity contribution in [3.05, 3.63) is 33.8 Å². The number of nitrogens with zero attached hydrogens (tertiary/aromatic N) is 1. The summed E-state index contributed by atoms with van der Waals surface area (Å²) in [6, 6.07) is 4.55. The van der Waals surface area contributed by atoms with E-state index in [4.69, 9.17) is 23.2 Å². The Balaban J connectivity index is 1.86. The molecule has 0 spiro atoms. The molecule has 1 aliphatic rings. The van der Waals surface area contributed by atoms with Crippen LogP contribution in [0.3, 0.4) is 0 Å². The summed E-state index contributed by atoms with van der Waals surface area (Å²) in [5.41, 5.74) is 0.352. The Hall–Kier alpha value is -1.30. The summed E-state index contributed by atoms with van der Waals surface area (Å²) in [6.07, 6.45) is 0.355. The van der Waals surface area contributed by atoms with Crippen LogP contribution in [0.2, 0.25) is 10.0 Å². The van der Waals surface area contributed by atoms with Gasteiger partial charge in [-0.1, -0.05) is 23.2 Å². The summed E-state index contributed by atoms with van der Waals surface area (Å²) in [5, 5.41) is 12.8. The number of amides is 2. The highest BCUT2D eigenvalue weighted by molar-refractivity contribution is 6.42. The fraction of sp³-hybridized carbons (Fsp3) is 0.467. The highest BCUT2D eigenvalue weighted by Gasteiger charge is 2.28. The molecule has 0 bridgehead atoms. The average Bonchev–Trinajstić information content (AvgIpc) is 2.97. The second kappa shape index (κ2) is 7.31. The van der Waals surface area contributed by atoms with E-state index in [1.807, 2.05) is 0 Å². The van der Waals surface area contributed by atoms with Gasteiger partial charge < -0.3 is 15.3 Å². The molecule has 1 aromatic rings. The quantitative estimate of drug-likeness (QED) is 0.876. The molecule has 1 heterocycles. The van der Waals surface area contributed by atoms with E-state index in [9.17, 15) is 14.7 Å². The fourth-order valence-electron chi connectivity index (χ4n) is 2.41. The standard InChI is InChI=1S/C15H18Cl2N2O3/c1-9(20)11-4-5-19(8-11)14(21)7-18-15(22)10-2-3-12(16)13(17)6-10/h2-3,6,9,11,20H,4-5,7-8H2,1H3,(H,18,22). The Kier molecular flexibility index (Phi) is 5.67. The van der Waals surface area contributed by atoms with Gasteiger partial charge in [-0.3, -0.25) is 9.59 Å². The van der Waals surface area contributed by atoms with E-state index in [0.717, 1.165) is 6.42 Å². The summed E-state index contributed by atoms with van der Waals surface area (Å²) in [4.78, 5) is 25.7. The van der Waals surface area contributed by atoms with Crippen LogP contribution in [0.15, 0.2) is 18.2 Å². The summed E-state index contributed by atoms with van der Waals surface area (Å²) < 4.78 is 0.